The lowest BCUT2D eigenvalue weighted by atomic mass is 10.2. The van der Waals surface area contributed by atoms with Crippen LogP contribution in [-0.4, -0.2) is 5.97 Å². The molecule has 1 aromatic carbocycles. The molecule has 12 heavy (non-hydrogen) atoms. The Morgan fingerprint density at radius 2 is 2.00 bits per heavy atom. The van der Waals surface area contributed by atoms with Crippen LogP contribution in [0.3, 0.4) is 0 Å². The molecule has 0 heterocycles. The predicted octanol–water partition coefficient (Wildman–Crippen LogP) is 1.30. The molecule has 0 saturated heterocycles. The molecule has 0 unspecified atom stereocenters. The van der Waals surface area contributed by atoms with Crippen LogP contribution in [0.25, 0.3) is 0 Å². The van der Waals surface area contributed by atoms with Crippen molar-refractivity contribution in [3.63, 3.8) is 0 Å². The van der Waals surface area contributed by atoms with Gasteiger partial charge in [-0.05, 0) is 24.3 Å². The van der Waals surface area contributed by atoms with Crippen LogP contribution in [0, 0.1) is 18.3 Å². The number of ether oxygens (including phenoxy) is 1. The van der Waals surface area contributed by atoms with Gasteiger partial charge in [0.05, 0.1) is 18.6 Å². The Morgan fingerprint density at radius 3 is 2.42 bits per heavy atom. The lowest BCUT2D eigenvalue weighted by Crippen LogP contribution is -2.01. The maximum Gasteiger partial charge on any atom is 0.311 e. The summed E-state index contributed by atoms with van der Waals surface area (Å²) < 4.78 is 4.65. The van der Waals surface area contributed by atoms with E-state index in [-0.39, 0.29) is 0 Å². The van der Waals surface area contributed by atoms with E-state index in [1.54, 1.807) is 24.3 Å². The van der Waals surface area contributed by atoms with Gasteiger partial charge < -0.3 is 4.74 Å². The van der Waals surface area contributed by atoms with Crippen LogP contribution >= 0.6 is 0 Å². The quantitative estimate of drug-likeness (QED) is 0.459. The number of hydrogen-bond donors (Lipinski definition) is 0. The fourth-order valence-corrected chi connectivity index (χ4v) is 0.729. The molecule has 0 bridgehead atoms. The van der Waals surface area contributed by atoms with Crippen molar-refractivity contribution in [2.75, 3.05) is 0 Å². The van der Waals surface area contributed by atoms with E-state index in [9.17, 15) is 4.79 Å². The maximum atomic E-state index is 10.4. The molecule has 0 N–H and O–H groups in total. The number of benzene rings is 1. The minimum absolute atomic E-state index is 0.397. The monoisotopic (exact) mass is 160 g/mol. The summed E-state index contributed by atoms with van der Waals surface area (Å²) in [5.41, 5.74) is 0.527. The van der Waals surface area contributed by atoms with E-state index in [4.69, 9.17) is 5.26 Å². The van der Waals surface area contributed by atoms with Gasteiger partial charge >= 0.3 is 5.97 Å². The van der Waals surface area contributed by atoms with Gasteiger partial charge in [-0.15, -0.1) is 0 Å². The summed E-state index contributed by atoms with van der Waals surface area (Å²) in [6.07, 6.45) is 0. The zero-order valence-corrected chi connectivity index (χ0v) is 6.28. The third kappa shape index (κ3) is 2.10. The summed E-state index contributed by atoms with van der Waals surface area (Å²) in [7, 11) is 0. The molecule has 0 fully saturated rings. The molecule has 0 aliphatic carbocycles. The lowest BCUT2D eigenvalue weighted by molar-refractivity contribution is -0.129. The molecule has 0 aliphatic heterocycles. The maximum absolute atomic E-state index is 10.4. The van der Waals surface area contributed by atoms with Crippen molar-refractivity contribution in [2.45, 2.75) is 0 Å². The highest BCUT2D eigenvalue weighted by atomic mass is 16.5. The summed E-state index contributed by atoms with van der Waals surface area (Å²) in [6.45, 7) is 3.05. The second-order valence-corrected chi connectivity index (χ2v) is 2.11. The van der Waals surface area contributed by atoms with Crippen molar-refractivity contribution in [3.8, 4) is 11.8 Å². The molecule has 1 aromatic rings. The van der Waals surface area contributed by atoms with E-state index in [1.807, 2.05) is 6.07 Å². The van der Waals surface area contributed by atoms with Gasteiger partial charge in [-0.2, -0.15) is 5.26 Å². The molecule has 1 radical (unpaired) electrons. The van der Waals surface area contributed by atoms with Gasteiger partial charge in [0, 0.05) is 0 Å². The summed E-state index contributed by atoms with van der Waals surface area (Å²) in [5.74, 6) is -0.214. The van der Waals surface area contributed by atoms with Crippen LogP contribution < -0.4 is 4.74 Å². The number of carbonyl (C=O) groups excluding carboxylic acids is 1. The van der Waals surface area contributed by atoms with Gasteiger partial charge in [0.2, 0.25) is 0 Å². The largest absolute Gasteiger partial charge is 0.427 e. The van der Waals surface area contributed by atoms with Crippen molar-refractivity contribution in [3.05, 3.63) is 36.8 Å². The summed E-state index contributed by atoms with van der Waals surface area (Å²) in [4.78, 5) is 10.4. The molecule has 3 heteroatoms. The Morgan fingerprint density at radius 1 is 1.42 bits per heavy atom. The summed E-state index contributed by atoms with van der Waals surface area (Å²) >= 11 is 0. The average Bonchev–Trinajstić information content (AvgIpc) is 2.05. The first-order valence-electron chi connectivity index (χ1n) is 3.26. The lowest BCUT2D eigenvalue weighted by Gasteiger charge is -1.98. The SMILES string of the molecule is [CH2]C(=O)Oc1ccc(C#N)cc1. The van der Waals surface area contributed by atoms with Crippen molar-refractivity contribution < 1.29 is 9.53 Å². The van der Waals surface area contributed by atoms with Crippen molar-refractivity contribution in [2.24, 2.45) is 0 Å². The summed E-state index contributed by atoms with van der Waals surface area (Å²) in [5, 5.41) is 8.44. The number of rotatable bonds is 1. The van der Waals surface area contributed by atoms with Gasteiger partial charge in [0.15, 0.2) is 0 Å². The molecule has 0 saturated carbocycles. The van der Waals surface area contributed by atoms with Crippen LogP contribution in [0.2, 0.25) is 0 Å². The zero-order chi connectivity index (χ0) is 8.97. The van der Waals surface area contributed by atoms with Crippen LogP contribution in [-0.2, 0) is 4.79 Å². The van der Waals surface area contributed by atoms with E-state index in [1.165, 1.54) is 0 Å². The van der Waals surface area contributed by atoms with E-state index in [2.05, 4.69) is 11.7 Å². The number of nitriles is 1. The van der Waals surface area contributed by atoms with E-state index < -0.39 is 5.97 Å². The van der Waals surface area contributed by atoms with Gasteiger partial charge in [-0.25, -0.2) is 0 Å². The number of nitrogens with zero attached hydrogens (tertiary/aromatic N) is 1. The first-order valence-corrected chi connectivity index (χ1v) is 3.26. The van der Waals surface area contributed by atoms with Crippen LogP contribution in [0.1, 0.15) is 5.56 Å². The van der Waals surface area contributed by atoms with E-state index >= 15 is 0 Å². The summed E-state index contributed by atoms with van der Waals surface area (Å²) in [6, 6.07) is 8.17. The average molecular weight is 160 g/mol. The predicted molar refractivity (Wildman–Crippen MR) is 42.1 cm³/mol. The van der Waals surface area contributed by atoms with Crippen LogP contribution in [0.5, 0.6) is 5.75 Å². The first kappa shape index (κ1) is 8.28. The second kappa shape index (κ2) is 3.54. The van der Waals surface area contributed by atoms with E-state index in [0.717, 1.165) is 0 Å². The molecule has 1 rings (SSSR count). The molecular formula is C9H6NO2. The number of carbonyl (C=O) groups is 1. The highest BCUT2D eigenvalue weighted by molar-refractivity contribution is 5.76. The third-order valence-electron chi connectivity index (χ3n) is 1.22. The minimum atomic E-state index is -0.611. The normalized spacial score (nSPS) is 8.67. The van der Waals surface area contributed by atoms with Gasteiger partial charge in [-0.1, -0.05) is 0 Å². The molecule has 59 valence electrons. The molecule has 3 nitrogen and oxygen atoms in total. The zero-order valence-electron chi connectivity index (χ0n) is 6.28. The Hall–Kier alpha value is -1.82. The van der Waals surface area contributed by atoms with Crippen molar-refractivity contribution in [1.82, 2.24) is 0 Å². The molecule has 0 aliphatic rings. The smallest absolute Gasteiger partial charge is 0.311 e. The van der Waals surface area contributed by atoms with Gasteiger partial charge in [-0.3, -0.25) is 4.79 Å². The molecule has 0 amide bonds. The number of esters is 1. The Balaban J connectivity index is 2.80. The second-order valence-electron chi connectivity index (χ2n) is 2.11. The van der Waals surface area contributed by atoms with E-state index in [0.29, 0.717) is 11.3 Å². The highest BCUT2D eigenvalue weighted by Crippen LogP contribution is 2.11. The van der Waals surface area contributed by atoms with Crippen LogP contribution in [0.15, 0.2) is 24.3 Å². The molecule has 0 aromatic heterocycles. The van der Waals surface area contributed by atoms with Gasteiger partial charge in [0.1, 0.15) is 5.75 Å². The van der Waals surface area contributed by atoms with Crippen molar-refractivity contribution >= 4 is 5.97 Å². The number of hydrogen-bond acceptors (Lipinski definition) is 3. The minimum Gasteiger partial charge on any atom is -0.427 e. The Bertz CT molecular complexity index is 321. The third-order valence-corrected chi connectivity index (χ3v) is 1.22. The molecule has 0 atom stereocenters. The Labute approximate surface area is 70.2 Å². The molecule has 0 spiro atoms. The highest BCUT2D eigenvalue weighted by Gasteiger charge is 1.96. The standard InChI is InChI=1S/C9H6NO2/c1-7(11)12-9-4-2-8(6-10)3-5-9/h2-5H,1H2. The van der Waals surface area contributed by atoms with Gasteiger partial charge in [0.25, 0.3) is 0 Å². The fraction of sp³-hybridized carbons (Fsp3) is 0. The van der Waals surface area contributed by atoms with Crippen molar-refractivity contribution in [1.29, 1.82) is 5.26 Å². The van der Waals surface area contributed by atoms with Crippen LogP contribution in [0.4, 0.5) is 0 Å². The fourth-order valence-electron chi connectivity index (χ4n) is 0.729. The molecular weight excluding hydrogens is 154 g/mol. The Kier molecular flexibility index (Phi) is 2.44. The topological polar surface area (TPSA) is 50.1 Å². The first-order chi connectivity index (χ1) is 5.72.